The molecule has 0 bridgehead atoms. The Labute approximate surface area is 110 Å². The van der Waals surface area contributed by atoms with Crippen LogP contribution in [-0.2, 0) is 15.1 Å². The molecular formula is C13H18F2N2O2. The first kappa shape index (κ1) is 15.5. The van der Waals surface area contributed by atoms with Crippen molar-refractivity contribution in [2.45, 2.75) is 18.4 Å². The van der Waals surface area contributed by atoms with Crippen molar-refractivity contribution in [3.05, 3.63) is 35.9 Å². The lowest BCUT2D eigenvalue weighted by Gasteiger charge is -2.30. The molecule has 0 saturated carbocycles. The van der Waals surface area contributed by atoms with E-state index in [0.29, 0.717) is 5.56 Å². The van der Waals surface area contributed by atoms with Gasteiger partial charge in [-0.2, -0.15) is 0 Å². The fourth-order valence-electron chi connectivity index (χ4n) is 1.92. The van der Waals surface area contributed by atoms with Gasteiger partial charge >= 0.3 is 0 Å². The molecule has 0 aliphatic rings. The minimum absolute atomic E-state index is 0.0169. The van der Waals surface area contributed by atoms with E-state index >= 15 is 0 Å². The van der Waals surface area contributed by atoms with Crippen molar-refractivity contribution in [3.63, 3.8) is 0 Å². The molecule has 1 aromatic rings. The van der Waals surface area contributed by atoms with Gasteiger partial charge in [-0.1, -0.05) is 30.3 Å². The van der Waals surface area contributed by atoms with Crippen LogP contribution in [0.3, 0.4) is 0 Å². The van der Waals surface area contributed by atoms with E-state index < -0.39 is 24.5 Å². The first-order valence-corrected chi connectivity index (χ1v) is 5.93. The molecule has 1 atom stereocenters. The highest BCUT2D eigenvalue weighted by molar-refractivity contribution is 5.86. The highest BCUT2D eigenvalue weighted by atomic mass is 19.3. The number of nitrogens with one attached hydrogen (secondary N) is 1. The van der Waals surface area contributed by atoms with Gasteiger partial charge in [0.1, 0.15) is 12.1 Å². The van der Waals surface area contributed by atoms with E-state index in [0.717, 1.165) is 0 Å². The largest absolute Gasteiger partial charge is 0.375 e. The predicted octanol–water partition coefficient (Wildman–Crippen LogP) is 1.26. The maximum Gasteiger partial charge on any atom is 0.261 e. The highest BCUT2D eigenvalue weighted by Crippen LogP contribution is 2.24. The number of halogens is 2. The van der Waals surface area contributed by atoms with E-state index in [1.165, 1.54) is 0 Å². The Hall–Kier alpha value is -1.53. The summed E-state index contributed by atoms with van der Waals surface area (Å²) in [5, 5.41) is 2.88. The topological polar surface area (TPSA) is 64.3 Å². The lowest BCUT2D eigenvalue weighted by molar-refractivity contribution is -0.125. The van der Waals surface area contributed by atoms with Crippen LogP contribution in [0, 0.1) is 0 Å². The number of nitrogens with two attached hydrogens (primary N) is 1. The zero-order chi connectivity index (χ0) is 14.3. The van der Waals surface area contributed by atoms with Crippen molar-refractivity contribution in [2.24, 2.45) is 5.73 Å². The van der Waals surface area contributed by atoms with E-state index in [-0.39, 0.29) is 13.0 Å². The smallest absolute Gasteiger partial charge is 0.261 e. The molecule has 0 spiro atoms. The summed E-state index contributed by atoms with van der Waals surface area (Å²) in [5.74, 6) is -0.568. The van der Waals surface area contributed by atoms with Crippen LogP contribution < -0.4 is 11.1 Å². The van der Waals surface area contributed by atoms with Gasteiger partial charge in [-0.3, -0.25) is 4.79 Å². The third kappa shape index (κ3) is 3.97. The molecule has 0 fully saturated rings. The van der Waals surface area contributed by atoms with Crippen molar-refractivity contribution in [2.75, 3.05) is 20.3 Å². The Kier molecular flexibility index (Phi) is 5.85. The lowest BCUT2D eigenvalue weighted by atomic mass is 9.86. The summed E-state index contributed by atoms with van der Waals surface area (Å²) in [6, 6.07) is 8.90. The van der Waals surface area contributed by atoms with E-state index in [2.05, 4.69) is 5.32 Å². The molecule has 0 aliphatic heterocycles. The number of hydrogen-bond acceptors (Lipinski definition) is 3. The summed E-state index contributed by atoms with van der Waals surface area (Å²) in [6.07, 6.45) is -2.33. The summed E-state index contributed by atoms with van der Waals surface area (Å²) in [6.45, 7) is -0.629. The van der Waals surface area contributed by atoms with Gasteiger partial charge in [0, 0.05) is 13.0 Å². The minimum atomic E-state index is -2.52. The molecule has 19 heavy (non-hydrogen) atoms. The van der Waals surface area contributed by atoms with Crippen molar-refractivity contribution in [1.29, 1.82) is 0 Å². The number of rotatable bonds is 8. The highest BCUT2D eigenvalue weighted by Gasteiger charge is 2.36. The monoisotopic (exact) mass is 272 g/mol. The summed E-state index contributed by atoms with van der Waals surface area (Å²) >= 11 is 0. The van der Waals surface area contributed by atoms with Crippen LogP contribution >= 0.6 is 0 Å². The molecule has 1 aromatic carbocycles. The second kappa shape index (κ2) is 7.16. The average Bonchev–Trinajstić information content (AvgIpc) is 2.39. The maximum absolute atomic E-state index is 12.0. The van der Waals surface area contributed by atoms with E-state index in [4.69, 9.17) is 10.5 Å². The zero-order valence-corrected chi connectivity index (χ0v) is 10.7. The molecule has 0 aromatic heterocycles. The third-order valence-electron chi connectivity index (χ3n) is 2.98. The number of carbonyl (C=O) groups is 1. The molecule has 4 nitrogen and oxygen atoms in total. The van der Waals surface area contributed by atoms with Gasteiger partial charge in [0.05, 0.1) is 0 Å². The van der Waals surface area contributed by atoms with Gasteiger partial charge in [0.15, 0.2) is 0 Å². The predicted molar refractivity (Wildman–Crippen MR) is 67.8 cm³/mol. The van der Waals surface area contributed by atoms with E-state index in [9.17, 15) is 13.6 Å². The fraction of sp³-hybridized carbons (Fsp3) is 0.462. The molecule has 0 saturated heterocycles. The van der Waals surface area contributed by atoms with Gasteiger partial charge in [0.25, 0.3) is 6.43 Å². The molecule has 0 aliphatic carbocycles. The third-order valence-corrected chi connectivity index (χ3v) is 2.98. The van der Waals surface area contributed by atoms with E-state index in [1.807, 2.05) is 6.07 Å². The average molecular weight is 272 g/mol. The fourth-order valence-corrected chi connectivity index (χ4v) is 1.92. The van der Waals surface area contributed by atoms with Crippen LogP contribution in [0.2, 0.25) is 0 Å². The molecule has 106 valence electrons. The molecule has 6 heteroatoms. The van der Waals surface area contributed by atoms with Crippen molar-refractivity contribution in [1.82, 2.24) is 5.32 Å². The number of likely N-dealkylation sites (N-methyl/N-ethyl adjacent to an activating group) is 1. The van der Waals surface area contributed by atoms with Crippen molar-refractivity contribution >= 4 is 5.91 Å². The summed E-state index contributed by atoms with van der Waals surface area (Å²) < 4.78 is 28.8. The first-order chi connectivity index (χ1) is 9.03. The Morgan fingerprint density at radius 3 is 2.53 bits per heavy atom. The molecular weight excluding hydrogens is 254 g/mol. The summed E-state index contributed by atoms with van der Waals surface area (Å²) in [4.78, 5) is 11.7. The Balaban J connectivity index is 2.80. The Morgan fingerprint density at radius 2 is 2.05 bits per heavy atom. The summed E-state index contributed by atoms with van der Waals surface area (Å²) in [5.41, 5.74) is 5.03. The van der Waals surface area contributed by atoms with Crippen LogP contribution in [0.1, 0.15) is 12.0 Å². The van der Waals surface area contributed by atoms with Gasteiger partial charge in [0.2, 0.25) is 5.91 Å². The second-order valence-corrected chi connectivity index (χ2v) is 4.10. The number of carbonyl (C=O) groups excluding carboxylic acids is 1. The minimum Gasteiger partial charge on any atom is -0.375 e. The van der Waals surface area contributed by atoms with Crippen LogP contribution in [0.25, 0.3) is 0 Å². The van der Waals surface area contributed by atoms with Gasteiger partial charge < -0.3 is 15.8 Å². The van der Waals surface area contributed by atoms with Crippen LogP contribution in [0.5, 0.6) is 0 Å². The summed E-state index contributed by atoms with van der Waals surface area (Å²) in [7, 11) is 1.60. The Bertz CT molecular complexity index is 401. The number of primary amides is 1. The van der Waals surface area contributed by atoms with Crippen molar-refractivity contribution in [3.8, 4) is 0 Å². The molecule has 1 amide bonds. The maximum atomic E-state index is 12.0. The van der Waals surface area contributed by atoms with Crippen LogP contribution in [0.4, 0.5) is 8.78 Å². The standard InChI is InChI=1S/C13H18F2N2O2/c1-17-13(12(16)18,7-8-19-9-11(14)15)10-5-3-2-4-6-10/h2-6,11,17H,7-9H2,1H3,(H2,16,18). The van der Waals surface area contributed by atoms with Gasteiger partial charge in [-0.15, -0.1) is 0 Å². The number of ether oxygens (including phenoxy) is 1. The normalized spacial score (nSPS) is 14.3. The number of amides is 1. The molecule has 0 radical (unpaired) electrons. The molecule has 0 heterocycles. The zero-order valence-electron chi connectivity index (χ0n) is 10.7. The van der Waals surface area contributed by atoms with Crippen LogP contribution in [0.15, 0.2) is 30.3 Å². The van der Waals surface area contributed by atoms with Gasteiger partial charge in [-0.05, 0) is 12.6 Å². The molecule has 3 N–H and O–H groups in total. The quantitative estimate of drug-likeness (QED) is 0.700. The molecule has 1 unspecified atom stereocenters. The second-order valence-electron chi connectivity index (χ2n) is 4.10. The molecule has 1 rings (SSSR count). The first-order valence-electron chi connectivity index (χ1n) is 5.93. The van der Waals surface area contributed by atoms with Crippen LogP contribution in [-0.4, -0.2) is 32.6 Å². The number of hydrogen-bond donors (Lipinski definition) is 2. The van der Waals surface area contributed by atoms with E-state index in [1.54, 1.807) is 31.3 Å². The lowest BCUT2D eigenvalue weighted by Crippen LogP contribution is -2.51. The number of benzene rings is 1. The SMILES string of the molecule is CNC(CCOCC(F)F)(C(N)=O)c1ccccc1. The van der Waals surface area contributed by atoms with Crippen molar-refractivity contribution < 1.29 is 18.3 Å². The Morgan fingerprint density at radius 1 is 1.42 bits per heavy atom. The van der Waals surface area contributed by atoms with Gasteiger partial charge in [-0.25, -0.2) is 8.78 Å². The number of alkyl halides is 2.